The largest absolute Gasteiger partial charge is 0.344 e. The molecule has 1 heterocycles. The second-order valence-corrected chi connectivity index (χ2v) is 5.97. The fourth-order valence-electron chi connectivity index (χ4n) is 3.51. The Morgan fingerprint density at radius 3 is 2.53 bits per heavy atom. The Morgan fingerprint density at radius 2 is 1.94 bits per heavy atom. The molecule has 0 atom stereocenters. The topological polar surface area (TPSA) is 20.3 Å². The fourth-order valence-corrected chi connectivity index (χ4v) is 3.51. The zero-order valence-corrected chi connectivity index (χ0v) is 10.4. The van der Waals surface area contributed by atoms with Gasteiger partial charge in [0.15, 0.2) is 0 Å². The maximum atomic E-state index is 10.5. The van der Waals surface area contributed by atoms with E-state index in [2.05, 4.69) is 31.2 Å². The standard InChI is InChI=1S/C15H19NO/c1-12-2-4-13(5-3-12)6-14-7-15(8-14)9-16(10-15)11-17/h2-5,11,14H,6-10H2,1H3. The van der Waals surface area contributed by atoms with Crippen LogP contribution in [0.4, 0.5) is 0 Å². The second kappa shape index (κ2) is 3.86. The fraction of sp³-hybridized carbons (Fsp3) is 0.533. The molecule has 0 aromatic heterocycles. The van der Waals surface area contributed by atoms with Crippen molar-refractivity contribution < 1.29 is 4.79 Å². The number of hydrogen-bond donors (Lipinski definition) is 0. The number of hydrogen-bond acceptors (Lipinski definition) is 1. The van der Waals surface area contributed by atoms with Crippen molar-refractivity contribution in [3.63, 3.8) is 0 Å². The van der Waals surface area contributed by atoms with Crippen molar-refractivity contribution in [2.75, 3.05) is 13.1 Å². The van der Waals surface area contributed by atoms with Gasteiger partial charge in [0.2, 0.25) is 6.41 Å². The summed E-state index contributed by atoms with van der Waals surface area (Å²) in [6.07, 6.45) is 4.82. The molecule has 0 N–H and O–H groups in total. The van der Waals surface area contributed by atoms with Crippen molar-refractivity contribution in [3.8, 4) is 0 Å². The van der Waals surface area contributed by atoms with E-state index in [1.165, 1.54) is 30.4 Å². The summed E-state index contributed by atoms with van der Waals surface area (Å²) in [7, 11) is 0. The van der Waals surface area contributed by atoms with E-state index < -0.39 is 0 Å². The molecule has 3 rings (SSSR count). The van der Waals surface area contributed by atoms with Crippen LogP contribution in [0.25, 0.3) is 0 Å². The van der Waals surface area contributed by atoms with Crippen molar-refractivity contribution in [1.29, 1.82) is 0 Å². The molecule has 90 valence electrons. The molecule has 1 aliphatic carbocycles. The summed E-state index contributed by atoms with van der Waals surface area (Å²) in [5, 5.41) is 0. The highest BCUT2D eigenvalue weighted by molar-refractivity contribution is 5.49. The lowest BCUT2D eigenvalue weighted by molar-refractivity contribution is -0.141. The minimum atomic E-state index is 0.510. The smallest absolute Gasteiger partial charge is 0.209 e. The van der Waals surface area contributed by atoms with Gasteiger partial charge in [0.25, 0.3) is 0 Å². The third-order valence-corrected chi connectivity index (χ3v) is 4.31. The highest BCUT2D eigenvalue weighted by Gasteiger charge is 2.51. The van der Waals surface area contributed by atoms with Gasteiger partial charge < -0.3 is 4.90 Å². The molecule has 2 fully saturated rings. The summed E-state index contributed by atoms with van der Waals surface area (Å²) in [6, 6.07) is 8.89. The van der Waals surface area contributed by atoms with Gasteiger partial charge in [-0.3, -0.25) is 4.79 Å². The van der Waals surface area contributed by atoms with E-state index in [-0.39, 0.29) is 0 Å². The molecule has 1 aliphatic heterocycles. The van der Waals surface area contributed by atoms with Gasteiger partial charge in [0.05, 0.1) is 0 Å². The average Bonchev–Trinajstić information content (AvgIpc) is 2.22. The minimum absolute atomic E-state index is 0.510. The molecular weight excluding hydrogens is 210 g/mol. The molecule has 17 heavy (non-hydrogen) atoms. The van der Waals surface area contributed by atoms with Gasteiger partial charge in [-0.25, -0.2) is 0 Å². The number of carbonyl (C=O) groups excluding carboxylic acids is 1. The van der Waals surface area contributed by atoms with Gasteiger partial charge in [-0.1, -0.05) is 29.8 Å². The first-order valence-electron chi connectivity index (χ1n) is 6.44. The van der Waals surface area contributed by atoms with Crippen LogP contribution in [0.3, 0.4) is 0 Å². The average molecular weight is 229 g/mol. The maximum absolute atomic E-state index is 10.5. The molecule has 2 heteroatoms. The van der Waals surface area contributed by atoms with E-state index in [1.807, 2.05) is 4.90 Å². The number of likely N-dealkylation sites (tertiary alicyclic amines) is 1. The molecule has 1 spiro atoms. The van der Waals surface area contributed by atoms with Gasteiger partial charge in [-0.05, 0) is 37.7 Å². The molecule has 2 nitrogen and oxygen atoms in total. The van der Waals surface area contributed by atoms with Crippen LogP contribution in [0.1, 0.15) is 24.0 Å². The number of benzene rings is 1. The highest BCUT2D eigenvalue weighted by atomic mass is 16.1. The summed E-state index contributed by atoms with van der Waals surface area (Å²) in [5.74, 6) is 0.839. The molecule has 1 aromatic carbocycles. The zero-order valence-electron chi connectivity index (χ0n) is 10.4. The van der Waals surface area contributed by atoms with Crippen LogP contribution in [0.15, 0.2) is 24.3 Å². The van der Waals surface area contributed by atoms with Gasteiger partial charge in [0, 0.05) is 18.5 Å². The van der Waals surface area contributed by atoms with Crippen LogP contribution in [-0.2, 0) is 11.2 Å². The number of rotatable bonds is 3. The summed E-state index contributed by atoms with van der Waals surface area (Å²) in [6.45, 7) is 4.13. The molecule has 0 bridgehead atoms. The van der Waals surface area contributed by atoms with E-state index in [4.69, 9.17) is 0 Å². The van der Waals surface area contributed by atoms with Crippen LogP contribution >= 0.6 is 0 Å². The molecule has 2 aliphatic rings. The lowest BCUT2D eigenvalue weighted by Crippen LogP contribution is -2.61. The van der Waals surface area contributed by atoms with Crippen LogP contribution < -0.4 is 0 Å². The third-order valence-electron chi connectivity index (χ3n) is 4.31. The van der Waals surface area contributed by atoms with E-state index in [0.29, 0.717) is 5.41 Å². The first-order chi connectivity index (χ1) is 8.19. The van der Waals surface area contributed by atoms with Crippen LogP contribution in [-0.4, -0.2) is 24.4 Å². The zero-order chi connectivity index (χ0) is 11.9. The quantitative estimate of drug-likeness (QED) is 0.729. The summed E-state index contributed by atoms with van der Waals surface area (Å²) >= 11 is 0. The predicted molar refractivity (Wildman–Crippen MR) is 67.7 cm³/mol. The third kappa shape index (κ3) is 1.97. The molecular formula is C15H19NO. The van der Waals surface area contributed by atoms with Crippen molar-refractivity contribution in [1.82, 2.24) is 4.90 Å². The Hall–Kier alpha value is -1.31. The summed E-state index contributed by atoms with van der Waals surface area (Å²) in [5.41, 5.74) is 3.30. The van der Waals surface area contributed by atoms with E-state index >= 15 is 0 Å². The Bertz CT molecular complexity index is 409. The second-order valence-electron chi connectivity index (χ2n) is 5.97. The number of amides is 1. The lowest BCUT2D eigenvalue weighted by atomic mass is 9.56. The van der Waals surface area contributed by atoms with Gasteiger partial charge in [-0.2, -0.15) is 0 Å². The number of nitrogens with zero attached hydrogens (tertiary/aromatic N) is 1. The Kier molecular flexibility index (Phi) is 2.46. The maximum Gasteiger partial charge on any atom is 0.209 e. The lowest BCUT2D eigenvalue weighted by Gasteiger charge is -2.58. The van der Waals surface area contributed by atoms with Crippen LogP contribution in [0.2, 0.25) is 0 Å². The molecule has 1 saturated carbocycles. The Morgan fingerprint density at radius 1 is 1.29 bits per heavy atom. The van der Waals surface area contributed by atoms with Crippen LogP contribution in [0, 0.1) is 18.3 Å². The first kappa shape index (κ1) is 10.8. The number of carbonyl (C=O) groups is 1. The molecule has 1 saturated heterocycles. The molecule has 1 aromatic rings. The van der Waals surface area contributed by atoms with Crippen molar-refractivity contribution in [3.05, 3.63) is 35.4 Å². The predicted octanol–water partition coefficient (Wildman–Crippen LogP) is 2.41. The Balaban J connectivity index is 1.50. The SMILES string of the molecule is Cc1ccc(CC2CC3(C2)CN(C=O)C3)cc1. The monoisotopic (exact) mass is 229 g/mol. The minimum Gasteiger partial charge on any atom is -0.344 e. The normalized spacial score (nSPS) is 22.1. The number of aryl methyl sites for hydroxylation is 1. The van der Waals surface area contributed by atoms with Gasteiger partial charge in [0.1, 0.15) is 0 Å². The van der Waals surface area contributed by atoms with E-state index in [9.17, 15) is 4.79 Å². The van der Waals surface area contributed by atoms with E-state index in [1.54, 1.807) is 0 Å². The molecule has 1 amide bonds. The van der Waals surface area contributed by atoms with Crippen molar-refractivity contribution in [2.45, 2.75) is 26.2 Å². The summed E-state index contributed by atoms with van der Waals surface area (Å²) in [4.78, 5) is 12.4. The van der Waals surface area contributed by atoms with Crippen LogP contribution in [0.5, 0.6) is 0 Å². The molecule has 0 radical (unpaired) electrons. The van der Waals surface area contributed by atoms with Gasteiger partial charge >= 0.3 is 0 Å². The summed E-state index contributed by atoms with van der Waals surface area (Å²) < 4.78 is 0. The Labute approximate surface area is 103 Å². The first-order valence-corrected chi connectivity index (χ1v) is 6.44. The van der Waals surface area contributed by atoms with Gasteiger partial charge in [-0.15, -0.1) is 0 Å². The highest BCUT2D eigenvalue weighted by Crippen LogP contribution is 2.52. The van der Waals surface area contributed by atoms with E-state index in [0.717, 1.165) is 25.4 Å². The van der Waals surface area contributed by atoms with Crippen molar-refractivity contribution in [2.24, 2.45) is 11.3 Å². The molecule has 0 unspecified atom stereocenters. The van der Waals surface area contributed by atoms with Crippen molar-refractivity contribution >= 4 is 6.41 Å².